The first-order valence-corrected chi connectivity index (χ1v) is 5.52. The average molecular weight is 221 g/mol. The monoisotopic (exact) mass is 221 g/mol. The van der Waals surface area contributed by atoms with Crippen LogP contribution < -0.4 is 5.32 Å². The van der Waals surface area contributed by atoms with Gasteiger partial charge in [0.15, 0.2) is 0 Å². The van der Waals surface area contributed by atoms with E-state index in [1.165, 1.54) is 11.1 Å². The van der Waals surface area contributed by atoms with Crippen LogP contribution in [0.5, 0.6) is 0 Å². The third-order valence-corrected chi connectivity index (χ3v) is 2.85. The lowest BCUT2D eigenvalue weighted by atomic mass is 9.85. The molecule has 16 heavy (non-hydrogen) atoms. The lowest BCUT2D eigenvalue weighted by Crippen LogP contribution is -2.26. The normalized spacial score (nSPS) is 19.6. The van der Waals surface area contributed by atoms with E-state index < -0.39 is 6.09 Å². The molecule has 0 bridgehead atoms. The van der Waals surface area contributed by atoms with Crippen molar-refractivity contribution in [2.45, 2.75) is 26.2 Å². The number of carbonyl (C=O) groups excluding carboxylic acids is 1. The van der Waals surface area contributed by atoms with Crippen LogP contribution in [0.2, 0.25) is 0 Å². The highest BCUT2D eigenvalue weighted by molar-refractivity contribution is 5.68. The molecule has 0 radical (unpaired) electrons. The number of hydrogen-bond acceptors (Lipinski definition) is 2. The van der Waals surface area contributed by atoms with E-state index in [4.69, 9.17) is 0 Å². The second kappa shape index (κ2) is 6.16. The van der Waals surface area contributed by atoms with Crippen molar-refractivity contribution in [1.82, 2.24) is 5.32 Å². The minimum atomic E-state index is -0.446. The van der Waals surface area contributed by atoms with Gasteiger partial charge in [-0.15, -0.1) is 0 Å². The first-order chi connectivity index (χ1) is 7.63. The molecule has 88 valence electrons. The smallest absolute Gasteiger partial charge is 0.412 e. The van der Waals surface area contributed by atoms with Crippen LogP contribution in [0, 0.1) is 5.92 Å². The van der Waals surface area contributed by atoms with Gasteiger partial charge in [-0.3, -0.25) is 0 Å². The van der Waals surface area contributed by atoms with Gasteiger partial charge < -0.3 is 10.1 Å². The Morgan fingerprint density at radius 1 is 1.75 bits per heavy atom. The van der Waals surface area contributed by atoms with E-state index in [0.717, 1.165) is 25.5 Å². The van der Waals surface area contributed by atoms with Crippen LogP contribution >= 0.6 is 0 Å². The molecule has 0 aromatic carbocycles. The molecule has 1 unspecified atom stereocenters. The summed E-state index contributed by atoms with van der Waals surface area (Å²) >= 11 is 0. The summed E-state index contributed by atoms with van der Waals surface area (Å²) in [7, 11) is 0. The Bertz CT molecular complexity index is 318. The molecule has 1 rings (SSSR count). The third kappa shape index (κ3) is 3.93. The van der Waals surface area contributed by atoms with Crippen LogP contribution in [0.25, 0.3) is 0 Å². The summed E-state index contributed by atoms with van der Waals surface area (Å²) in [4.78, 5) is 11.0. The number of carbonyl (C=O) groups is 1. The fraction of sp³-hybridized carbons (Fsp3) is 0.462. The van der Waals surface area contributed by atoms with Crippen molar-refractivity contribution in [2.24, 2.45) is 5.92 Å². The number of hydrogen-bond donors (Lipinski definition) is 1. The van der Waals surface area contributed by atoms with Crippen molar-refractivity contribution >= 4 is 6.09 Å². The summed E-state index contributed by atoms with van der Waals surface area (Å²) < 4.78 is 4.56. The fourth-order valence-corrected chi connectivity index (χ4v) is 1.80. The highest BCUT2D eigenvalue weighted by Crippen LogP contribution is 2.27. The summed E-state index contributed by atoms with van der Waals surface area (Å²) in [6.07, 6.45) is 6.05. The van der Waals surface area contributed by atoms with Crippen LogP contribution in [-0.2, 0) is 4.74 Å². The summed E-state index contributed by atoms with van der Waals surface area (Å²) in [5.74, 6) is 0.601. The van der Waals surface area contributed by atoms with Crippen molar-refractivity contribution in [1.29, 1.82) is 0 Å². The number of alkyl carbamates (subject to hydrolysis) is 1. The van der Waals surface area contributed by atoms with Gasteiger partial charge in [-0.2, -0.15) is 0 Å². The Labute approximate surface area is 96.9 Å². The van der Waals surface area contributed by atoms with Gasteiger partial charge in [-0.05, 0) is 32.1 Å². The number of amides is 1. The number of ether oxygens (including phenoxy) is 1. The van der Waals surface area contributed by atoms with Gasteiger partial charge in [0.05, 0.1) is 6.26 Å². The molecule has 0 spiro atoms. The standard InChI is InChI=1S/C13H19NO2/c1-4-16-13(15)14-9-11-5-7-12(8-6-11)10(2)3/h4-5,12H,1-2,6-9H2,3H3,(H,14,15). The van der Waals surface area contributed by atoms with Crippen LogP contribution in [-0.4, -0.2) is 12.6 Å². The maximum absolute atomic E-state index is 11.0. The van der Waals surface area contributed by atoms with Crippen molar-refractivity contribution in [2.75, 3.05) is 6.54 Å². The Morgan fingerprint density at radius 3 is 3.00 bits per heavy atom. The van der Waals surface area contributed by atoms with Crippen LogP contribution in [0.3, 0.4) is 0 Å². The second-order valence-corrected chi connectivity index (χ2v) is 4.11. The lowest BCUT2D eigenvalue weighted by Gasteiger charge is -2.22. The fourth-order valence-electron chi connectivity index (χ4n) is 1.80. The Kier molecular flexibility index (Phi) is 4.83. The Hall–Kier alpha value is -1.51. The number of nitrogens with one attached hydrogen (secondary N) is 1. The quantitative estimate of drug-likeness (QED) is 0.585. The Balaban J connectivity index is 2.32. The molecular formula is C13H19NO2. The number of allylic oxidation sites excluding steroid dienone is 2. The first-order valence-electron chi connectivity index (χ1n) is 5.52. The minimum Gasteiger partial charge on any atom is -0.419 e. The van der Waals surface area contributed by atoms with E-state index in [1.54, 1.807) is 0 Å². The Morgan fingerprint density at radius 2 is 2.50 bits per heavy atom. The van der Waals surface area contributed by atoms with E-state index in [2.05, 4.69) is 36.2 Å². The maximum atomic E-state index is 11.0. The molecular weight excluding hydrogens is 202 g/mol. The molecule has 0 saturated carbocycles. The minimum absolute atomic E-state index is 0.446. The van der Waals surface area contributed by atoms with Crippen LogP contribution in [0.4, 0.5) is 4.79 Å². The van der Waals surface area contributed by atoms with E-state index in [-0.39, 0.29) is 0 Å². The summed E-state index contributed by atoms with van der Waals surface area (Å²) in [5.41, 5.74) is 2.51. The van der Waals surface area contributed by atoms with Crippen molar-refractivity contribution in [3.63, 3.8) is 0 Å². The van der Waals surface area contributed by atoms with E-state index in [1.807, 2.05) is 0 Å². The molecule has 0 heterocycles. The second-order valence-electron chi connectivity index (χ2n) is 4.11. The van der Waals surface area contributed by atoms with Gasteiger partial charge in [-0.1, -0.05) is 30.4 Å². The molecule has 1 aliphatic carbocycles. The lowest BCUT2D eigenvalue weighted by molar-refractivity contribution is 0.186. The summed E-state index contributed by atoms with van der Waals surface area (Å²) in [6.45, 7) is 9.93. The zero-order valence-corrected chi connectivity index (χ0v) is 9.79. The summed E-state index contributed by atoms with van der Waals surface area (Å²) in [6, 6.07) is 0. The van der Waals surface area contributed by atoms with Gasteiger partial charge >= 0.3 is 6.09 Å². The van der Waals surface area contributed by atoms with Crippen molar-refractivity contribution in [3.05, 3.63) is 36.6 Å². The maximum Gasteiger partial charge on any atom is 0.412 e. The molecule has 0 aromatic rings. The highest BCUT2D eigenvalue weighted by atomic mass is 16.5. The average Bonchev–Trinajstić information content (AvgIpc) is 2.27. The predicted octanol–water partition coefficient (Wildman–Crippen LogP) is 3.16. The molecule has 0 saturated heterocycles. The number of rotatable bonds is 4. The van der Waals surface area contributed by atoms with Crippen LogP contribution in [0.1, 0.15) is 26.2 Å². The van der Waals surface area contributed by atoms with Crippen molar-refractivity contribution in [3.8, 4) is 0 Å². The largest absolute Gasteiger partial charge is 0.419 e. The molecule has 1 amide bonds. The third-order valence-electron chi connectivity index (χ3n) is 2.85. The molecule has 0 fully saturated rings. The SMILES string of the molecule is C=COC(=O)NCC1=CCC(C(=C)C)CC1. The molecule has 3 heteroatoms. The first kappa shape index (κ1) is 12.6. The summed E-state index contributed by atoms with van der Waals surface area (Å²) in [5, 5.41) is 2.67. The molecule has 0 aliphatic heterocycles. The topological polar surface area (TPSA) is 38.3 Å². The van der Waals surface area contributed by atoms with E-state index in [9.17, 15) is 4.79 Å². The van der Waals surface area contributed by atoms with Gasteiger partial charge in [0, 0.05) is 6.54 Å². The zero-order chi connectivity index (χ0) is 12.0. The molecule has 1 aliphatic rings. The molecule has 1 atom stereocenters. The van der Waals surface area contributed by atoms with Gasteiger partial charge in [0.2, 0.25) is 0 Å². The predicted molar refractivity (Wildman–Crippen MR) is 64.9 cm³/mol. The zero-order valence-electron chi connectivity index (χ0n) is 9.79. The van der Waals surface area contributed by atoms with E-state index in [0.29, 0.717) is 12.5 Å². The van der Waals surface area contributed by atoms with Crippen molar-refractivity contribution < 1.29 is 9.53 Å². The molecule has 3 nitrogen and oxygen atoms in total. The van der Waals surface area contributed by atoms with Gasteiger partial charge in [0.25, 0.3) is 0 Å². The highest BCUT2D eigenvalue weighted by Gasteiger charge is 2.15. The van der Waals surface area contributed by atoms with Gasteiger partial charge in [-0.25, -0.2) is 4.79 Å². The molecule has 1 N–H and O–H groups in total. The van der Waals surface area contributed by atoms with Crippen LogP contribution in [0.15, 0.2) is 36.6 Å². The van der Waals surface area contributed by atoms with Gasteiger partial charge in [0.1, 0.15) is 0 Å². The van der Waals surface area contributed by atoms with E-state index >= 15 is 0 Å². The molecule has 0 aromatic heterocycles.